The van der Waals surface area contributed by atoms with E-state index in [4.69, 9.17) is 17.3 Å². The lowest BCUT2D eigenvalue weighted by Crippen LogP contribution is -2.29. The normalized spacial score (nSPS) is 16.5. The molecule has 0 bridgehead atoms. The smallest absolute Gasteiger partial charge is 0.265 e. The van der Waals surface area contributed by atoms with Crippen molar-refractivity contribution in [2.24, 2.45) is 11.7 Å². The number of hydrogen-bond acceptors (Lipinski definition) is 4. The topological polar surface area (TPSA) is 59.2 Å². The van der Waals surface area contributed by atoms with Gasteiger partial charge in [0, 0.05) is 23.7 Å². The molecule has 1 amide bonds. The van der Waals surface area contributed by atoms with Crippen molar-refractivity contribution in [3.63, 3.8) is 0 Å². The predicted octanol–water partition coefficient (Wildman–Crippen LogP) is 4.04. The lowest BCUT2D eigenvalue weighted by molar-refractivity contribution is 0.0791. The lowest BCUT2D eigenvalue weighted by atomic mass is 10.1. The fourth-order valence-corrected chi connectivity index (χ4v) is 3.83. The molecule has 1 atom stereocenters. The van der Waals surface area contributed by atoms with Gasteiger partial charge in [-0.15, -0.1) is 36.2 Å². The van der Waals surface area contributed by atoms with Gasteiger partial charge < -0.3 is 10.6 Å². The van der Waals surface area contributed by atoms with Crippen LogP contribution in [-0.2, 0) is 0 Å². The molecule has 3 rings (SSSR count). The standard InChI is InChI=1S/C16H18ClN3OS.2ClH/c1-10-14(16(21)20-7-6-11(8-18)9-20)22-15(19-10)12-2-4-13(17)5-3-12;;/h2-5,11H,6-9,18H2,1H3;2*1H. The summed E-state index contributed by atoms with van der Waals surface area (Å²) >= 11 is 7.36. The van der Waals surface area contributed by atoms with E-state index in [9.17, 15) is 4.79 Å². The SMILES string of the molecule is Cc1nc(-c2ccc(Cl)cc2)sc1C(=O)N1CCC(CN)C1.Cl.Cl. The number of carbonyl (C=O) groups is 1. The number of halogens is 3. The molecule has 4 nitrogen and oxygen atoms in total. The molecule has 1 unspecified atom stereocenters. The molecule has 0 radical (unpaired) electrons. The van der Waals surface area contributed by atoms with Crippen molar-refractivity contribution in [2.45, 2.75) is 13.3 Å². The van der Waals surface area contributed by atoms with E-state index in [2.05, 4.69) is 4.98 Å². The van der Waals surface area contributed by atoms with Crippen LogP contribution < -0.4 is 5.73 Å². The number of amides is 1. The minimum absolute atomic E-state index is 0. The second kappa shape index (κ2) is 9.02. The zero-order valence-electron chi connectivity index (χ0n) is 13.2. The number of carbonyl (C=O) groups excluding carboxylic acids is 1. The minimum atomic E-state index is 0. The van der Waals surface area contributed by atoms with Crippen LogP contribution in [0.2, 0.25) is 5.02 Å². The molecule has 1 saturated heterocycles. The van der Waals surface area contributed by atoms with E-state index in [1.807, 2.05) is 36.1 Å². The fraction of sp³-hybridized carbons (Fsp3) is 0.375. The first-order valence-corrected chi connectivity index (χ1v) is 8.50. The summed E-state index contributed by atoms with van der Waals surface area (Å²) in [7, 11) is 0. The maximum Gasteiger partial charge on any atom is 0.265 e. The van der Waals surface area contributed by atoms with Crippen molar-refractivity contribution < 1.29 is 4.79 Å². The quantitative estimate of drug-likeness (QED) is 0.834. The van der Waals surface area contributed by atoms with Crippen molar-refractivity contribution in [3.05, 3.63) is 39.9 Å². The van der Waals surface area contributed by atoms with E-state index in [-0.39, 0.29) is 30.7 Å². The summed E-state index contributed by atoms with van der Waals surface area (Å²) in [5.74, 6) is 0.499. The van der Waals surface area contributed by atoms with E-state index in [1.165, 1.54) is 11.3 Å². The number of hydrogen-bond donors (Lipinski definition) is 1. The van der Waals surface area contributed by atoms with Crippen LogP contribution >= 0.6 is 47.8 Å². The Morgan fingerprint density at radius 1 is 1.38 bits per heavy atom. The van der Waals surface area contributed by atoms with Crippen LogP contribution in [0.4, 0.5) is 0 Å². The van der Waals surface area contributed by atoms with Crippen LogP contribution in [0.15, 0.2) is 24.3 Å². The number of benzene rings is 1. The predicted molar refractivity (Wildman–Crippen MR) is 105 cm³/mol. The van der Waals surface area contributed by atoms with Gasteiger partial charge in [-0.1, -0.05) is 23.7 Å². The average Bonchev–Trinajstić information content (AvgIpc) is 3.14. The highest BCUT2D eigenvalue weighted by molar-refractivity contribution is 7.17. The number of aromatic nitrogens is 1. The highest BCUT2D eigenvalue weighted by Gasteiger charge is 2.28. The van der Waals surface area contributed by atoms with Gasteiger partial charge >= 0.3 is 0 Å². The number of rotatable bonds is 3. The Labute approximate surface area is 163 Å². The molecule has 1 fully saturated rings. The number of nitrogens with zero attached hydrogens (tertiary/aromatic N) is 2. The van der Waals surface area contributed by atoms with Gasteiger partial charge in [0.2, 0.25) is 0 Å². The first-order valence-electron chi connectivity index (χ1n) is 7.31. The maximum absolute atomic E-state index is 12.7. The molecule has 1 aromatic heterocycles. The molecule has 1 aliphatic heterocycles. The van der Waals surface area contributed by atoms with Crippen LogP contribution in [0, 0.1) is 12.8 Å². The fourth-order valence-electron chi connectivity index (χ4n) is 2.66. The number of likely N-dealkylation sites (tertiary alicyclic amines) is 1. The Balaban J connectivity index is 0.00000144. The second-order valence-electron chi connectivity index (χ2n) is 5.58. The average molecular weight is 409 g/mol. The summed E-state index contributed by atoms with van der Waals surface area (Å²) in [5.41, 5.74) is 7.47. The van der Waals surface area contributed by atoms with E-state index < -0.39 is 0 Å². The van der Waals surface area contributed by atoms with Gasteiger partial charge in [0.15, 0.2) is 0 Å². The number of thiazole rings is 1. The first-order chi connectivity index (χ1) is 10.6. The highest BCUT2D eigenvalue weighted by Crippen LogP contribution is 2.30. The highest BCUT2D eigenvalue weighted by atomic mass is 35.5. The van der Waals surface area contributed by atoms with Crippen LogP contribution in [0.5, 0.6) is 0 Å². The molecule has 2 N–H and O–H groups in total. The molecule has 0 spiro atoms. The lowest BCUT2D eigenvalue weighted by Gasteiger charge is -2.15. The Bertz CT molecular complexity index is 690. The third kappa shape index (κ3) is 4.41. The summed E-state index contributed by atoms with van der Waals surface area (Å²) in [6, 6.07) is 7.52. The molecule has 0 saturated carbocycles. The largest absolute Gasteiger partial charge is 0.338 e. The van der Waals surface area contributed by atoms with E-state index in [0.29, 0.717) is 17.5 Å². The summed E-state index contributed by atoms with van der Waals surface area (Å²) in [6.45, 7) is 4.07. The summed E-state index contributed by atoms with van der Waals surface area (Å²) in [5, 5.41) is 1.55. The summed E-state index contributed by atoms with van der Waals surface area (Å²) < 4.78 is 0. The van der Waals surface area contributed by atoms with E-state index in [1.54, 1.807) is 0 Å². The van der Waals surface area contributed by atoms with Gasteiger partial charge in [-0.05, 0) is 37.9 Å². The zero-order valence-corrected chi connectivity index (χ0v) is 16.4. The van der Waals surface area contributed by atoms with Crippen molar-refractivity contribution >= 4 is 53.7 Å². The zero-order chi connectivity index (χ0) is 15.7. The molecular formula is C16H20Cl3N3OS. The number of aryl methyl sites for hydroxylation is 1. The maximum atomic E-state index is 12.7. The molecular weight excluding hydrogens is 389 g/mol. The second-order valence-corrected chi connectivity index (χ2v) is 7.02. The Morgan fingerprint density at radius 3 is 2.62 bits per heavy atom. The van der Waals surface area contributed by atoms with Crippen molar-refractivity contribution in [1.29, 1.82) is 0 Å². The van der Waals surface area contributed by atoms with E-state index in [0.717, 1.165) is 40.7 Å². The molecule has 1 aliphatic rings. The molecule has 8 heteroatoms. The molecule has 132 valence electrons. The van der Waals surface area contributed by atoms with Gasteiger partial charge in [0.25, 0.3) is 5.91 Å². The molecule has 24 heavy (non-hydrogen) atoms. The van der Waals surface area contributed by atoms with Crippen molar-refractivity contribution in [1.82, 2.24) is 9.88 Å². The van der Waals surface area contributed by atoms with Gasteiger partial charge in [-0.3, -0.25) is 4.79 Å². The Kier molecular flexibility index (Phi) is 7.96. The Morgan fingerprint density at radius 2 is 2.04 bits per heavy atom. The third-order valence-corrected chi connectivity index (χ3v) is 5.43. The summed E-state index contributed by atoms with van der Waals surface area (Å²) in [6.07, 6.45) is 0.990. The van der Waals surface area contributed by atoms with Gasteiger partial charge in [-0.2, -0.15) is 0 Å². The third-order valence-electron chi connectivity index (χ3n) is 3.99. The molecule has 2 aromatic rings. The molecule has 1 aromatic carbocycles. The molecule has 2 heterocycles. The van der Waals surface area contributed by atoms with Crippen LogP contribution in [-0.4, -0.2) is 35.4 Å². The Hall–Kier alpha value is -0.850. The molecule has 0 aliphatic carbocycles. The van der Waals surface area contributed by atoms with Gasteiger partial charge in [-0.25, -0.2) is 4.98 Å². The van der Waals surface area contributed by atoms with Crippen LogP contribution in [0.1, 0.15) is 21.8 Å². The van der Waals surface area contributed by atoms with Gasteiger partial charge in [0.05, 0.1) is 5.69 Å². The van der Waals surface area contributed by atoms with Crippen molar-refractivity contribution in [2.75, 3.05) is 19.6 Å². The summed E-state index contributed by atoms with van der Waals surface area (Å²) in [4.78, 5) is 19.8. The van der Waals surface area contributed by atoms with Crippen molar-refractivity contribution in [3.8, 4) is 10.6 Å². The van der Waals surface area contributed by atoms with E-state index >= 15 is 0 Å². The van der Waals surface area contributed by atoms with Crippen LogP contribution in [0.3, 0.4) is 0 Å². The monoisotopic (exact) mass is 407 g/mol. The first kappa shape index (κ1) is 21.2. The number of nitrogens with two attached hydrogens (primary N) is 1. The minimum Gasteiger partial charge on any atom is -0.338 e. The van der Waals surface area contributed by atoms with Crippen LogP contribution in [0.25, 0.3) is 10.6 Å². The van der Waals surface area contributed by atoms with Gasteiger partial charge in [0.1, 0.15) is 9.88 Å².